The molecule has 0 atom stereocenters. The molecule has 0 aliphatic rings. The molecule has 0 radical (unpaired) electrons. The molecule has 0 N–H and O–H groups in total. The van der Waals surface area contributed by atoms with E-state index in [0.29, 0.717) is 5.56 Å². The van der Waals surface area contributed by atoms with E-state index in [1.807, 2.05) is 30.3 Å². The number of anilines is 1. The van der Waals surface area contributed by atoms with Crippen LogP contribution in [0.1, 0.15) is 16.1 Å². The van der Waals surface area contributed by atoms with Crippen molar-refractivity contribution in [1.82, 2.24) is 4.98 Å². The van der Waals surface area contributed by atoms with Crippen LogP contribution >= 0.6 is 15.9 Å². The smallest absolute Gasteiger partial charge is 0.276 e. The van der Waals surface area contributed by atoms with Gasteiger partial charge in [-0.25, -0.2) is 0 Å². The number of para-hydroxylation sites is 1. The maximum absolute atomic E-state index is 12.3. The van der Waals surface area contributed by atoms with Crippen LogP contribution in [0.3, 0.4) is 0 Å². The van der Waals surface area contributed by atoms with Crippen LogP contribution in [0.25, 0.3) is 0 Å². The highest BCUT2D eigenvalue weighted by molar-refractivity contribution is 9.10. The summed E-state index contributed by atoms with van der Waals surface area (Å²) in [6.07, 6.45) is 1.46. The Labute approximate surface area is 119 Å². The van der Waals surface area contributed by atoms with Gasteiger partial charge in [-0.1, -0.05) is 12.1 Å². The van der Waals surface area contributed by atoms with E-state index in [1.165, 1.54) is 17.2 Å². The third-order valence-corrected chi connectivity index (χ3v) is 3.30. The largest absolute Gasteiger partial charge is 0.309 e. The summed E-state index contributed by atoms with van der Waals surface area (Å²) in [5.41, 5.74) is 1.41. The van der Waals surface area contributed by atoms with Crippen LogP contribution in [0.2, 0.25) is 0 Å². The van der Waals surface area contributed by atoms with Crippen LogP contribution in [0.4, 0.5) is 5.69 Å². The molecule has 0 unspecified atom stereocenters. The highest BCUT2D eigenvalue weighted by atomic mass is 79.9. The van der Waals surface area contributed by atoms with Crippen molar-refractivity contribution in [1.29, 1.82) is 5.26 Å². The standard InChI is InChI=1S/C14H10BrN3O/c1-18(13-5-3-2-4-11(13)15)14(19)12-8-10(9-16)6-7-17-12/h2-8H,1H3. The molecular weight excluding hydrogens is 306 g/mol. The summed E-state index contributed by atoms with van der Waals surface area (Å²) in [6, 6.07) is 12.5. The minimum Gasteiger partial charge on any atom is -0.309 e. The van der Waals surface area contributed by atoms with Gasteiger partial charge >= 0.3 is 0 Å². The molecule has 0 bridgehead atoms. The fourth-order valence-electron chi connectivity index (χ4n) is 1.62. The van der Waals surface area contributed by atoms with Crippen molar-refractivity contribution >= 4 is 27.5 Å². The summed E-state index contributed by atoms with van der Waals surface area (Å²) in [6.45, 7) is 0. The van der Waals surface area contributed by atoms with Gasteiger partial charge in [-0.15, -0.1) is 0 Å². The van der Waals surface area contributed by atoms with E-state index in [0.717, 1.165) is 10.2 Å². The van der Waals surface area contributed by atoms with E-state index in [-0.39, 0.29) is 11.6 Å². The number of hydrogen-bond acceptors (Lipinski definition) is 3. The second kappa shape index (κ2) is 5.63. The van der Waals surface area contributed by atoms with E-state index in [2.05, 4.69) is 20.9 Å². The third kappa shape index (κ3) is 2.80. The summed E-state index contributed by atoms with van der Waals surface area (Å²) in [7, 11) is 1.67. The van der Waals surface area contributed by atoms with Gasteiger partial charge in [-0.3, -0.25) is 9.78 Å². The molecule has 0 aliphatic heterocycles. The van der Waals surface area contributed by atoms with Crippen molar-refractivity contribution in [3.8, 4) is 6.07 Å². The Morgan fingerprint density at radius 1 is 1.37 bits per heavy atom. The number of amides is 1. The topological polar surface area (TPSA) is 57.0 Å². The molecule has 5 heteroatoms. The van der Waals surface area contributed by atoms with E-state index in [9.17, 15) is 4.79 Å². The number of nitriles is 1. The lowest BCUT2D eigenvalue weighted by Gasteiger charge is -2.18. The molecule has 4 nitrogen and oxygen atoms in total. The molecule has 94 valence electrons. The molecule has 0 aliphatic carbocycles. The summed E-state index contributed by atoms with van der Waals surface area (Å²) in [4.78, 5) is 17.8. The van der Waals surface area contributed by atoms with Crippen molar-refractivity contribution in [3.05, 3.63) is 58.3 Å². The highest BCUT2D eigenvalue weighted by Crippen LogP contribution is 2.25. The molecule has 1 aromatic heterocycles. The zero-order valence-electron chi connectivity index (χ0n) is 10.2. The fourth-order valence-corrected chi connectivity index (χ4v) is 2.17. The molecule has 0 saturated heterocycles. The van der Waals surface area contributed by atoms with Crippen LogP contribution < -0.4 is 4.90 Å². The first-order valence-corrected chi connectivity index (χ1v) is 6.31. The normalized spacial score (nSPS) is 9.74. The lowest BCUT2D eigenvalue weighted by Crippen LogP contribution is -2.27. The third-order valence-electron chi connectivity index (χ3n) is 2.63. The predicted octanol–water partition coefficient (Wildman–Crippen LogP) is 2.99. The number of carbonyl (C=O) groups excluding carboxylic acids is 1. The molecule has 0 saturated carbocycles. The molecule has 2 aromatic rings. The van der Waals surface area contributed by atoms with E-state index < -0.39 is 0 Å². The summed E-state index contributed by atoms with van der Waals surface area (Å²) in [5.74, 6) is -0.260. The average Bonchev–Trinajstić information content (AvgIpc) is 2.46. The Balaban J connectivity index is 2.34. The molecule has 19 heavy (non-hydrogen) atoms. The second-order valence-corrected chi connectivity index (χ2v) is 4.71. The van der Waals surface area contributed by atoms with Crippen molar-refractivity contribution in [2.24, 2.45) is 0 Å². The van der Waals surface area contributed by atoms with Gasteiger partial charge in [0.2, 0.25) is 0 Å². The monoisotopic (exact) mass is 315 g/mol. The first kappa shape index (κ1) is 13.2. The van der Waals surface area contributed by atoms with Gasteiger partial charge in [0.25, 0.3) is 5.91 Å². The van der Waals surface area contributed by atoms with Crippen LogP contribution in [0.15, 0.2) is 47.1 Å². The number of halogens is 1. The highest BCUT2D eigenvalue weighted by Gasteiger charge is 2.16. The number of carbonyl (C=O) groups is 1. The number of hydrogen-bond donors (Lipinski definition) is 0. The number of rotatable bonds is 2. The predicted molar refractivity (Wildman–Crippen MR) is 75.8 cm³/mol. The van der Waals surface area contributed by atoms with Gasteiger partial charge in [0.05, 0.1) is 17.3 Å². The maximum Gasteiger partial charge on any atom is 0.276 e. The molecule has 0 spiro atoms. The minimum atomic E-state index is -0.260. The van der Waals surface area contributed by atoms with Gasteiger partial charge in [0.1, 0.15) is 5.69 Å². The van der Waals surface area contributed by atoms with Crippen molar-refractivity contribution in [3.63, 3.8) is 0 Å². The Morgan fingerprint density at radius 3 is 2.79 bits per heavy atom. The molecule has 2 rings (SSSR count). The Hall–Kier alpha value is -2.19. The van der Waals surface area contributed by atoms with E-state index in [4.69, 9.17) is 5.26 Å². The van der Waals surface area contributed by atoms with Gasteiger partial charge in [-0.2, -0.15) is 5.26 Å². The van der Waals surface area contributed by atoms with Crippen molar-refractivity contribution in [2.75, 3.05) is 11.9 Å². The number of benzene rings is 1. The Kier molecular flexibility index (Phi) is 3.93. The van der Waals surface area contributed by atoms with E-state index in [1.54, 1.807) is 13.1 Å². The van der Waals surface area contributed by atoms with Gasteiger partial charge in [0, 0.05) is 17.7 Å². The number of nitrogens with zero attached hydrogens (tertiary/aromatic N) is 3. The van der Waals surface area contributed by atoms with Crippen LogP contribution in [0.5, 0.6) is 0 Å². The Bertz CT molecular complexity index is 664. The number of aromatic nitrogens is 1. The first-order valence-electron chi connectivity index (χ1n) is 5.52. The quantitative estimate of drug-likeness (QED) is 0.856. The van der Waals surface area contributed by atoms with Crippen molar-refractivity contribution in [2.45, 2.75) is 0 Å². The molecule has 1 aromatic carbocycles. The first-order chi connectivity index (χ1) is 9.13. The van der Waals surface area contributed by atoms with Crippen LogP contribution in [-0.2, 0) is 0 Å². The summed E-state index contributed by atoms with van der Waals surface area (Å²) < 4.78 is 0.822. The maximum atomic E-state index is 12.3. The molecule has 0 fully saturated rings. The molecular formula is C14H10BrN3O. The minimum absolute atomic E-state index is 0.248. The van der Waals surface area contributed by atoms with Gasteiger partial charge < -0.3 is 4.90 Å². The lowest BCUT2D eigenvalue weighted by molar-refractivity contribution is 0.0988. The van der Waals surface area contributed by atoms with Gasteiger partial charge in [-0.05, 0) is 40.2 Å². The summed E-state index contributed by atoms with van der Waals surface area (Å²) in [5, 5.41) is 8.83. The van der Waals surface area contributed by atoms with E-state index >= 15 is 0 Å². The summed E-state index contributed by atoms with van der Waals surface area (Å²) >= 11 is 3.40. The zero-order chi connectivity index (χ0) is 13.8. The molecule has 1 amide bonds. The second-order valence-electron chi connectivity index (χ2n) is 3.86. The van der Waals surface area contributed by atoms with Gasteiger partial charge in [0.15, 0.2) is 0 Å². The number of pyridine rings is 1. The zero-order valence-corrected chi connectivity index (χ0v) is 11.8. The fraction of sp³-hybridized carbons (Fsp3) is 0.0714. The Morgan fingerprint density at radius 2 is 2.11 bits per heavy atom. The van der Waals surface area contributed by atoms with Crippen molar-refractivity contribution < 1.29 is 4.79 Å². The van der Waals surface area contributed by atoms with Crippen LogP contribution in [0, 0.1) is 11.3 Å². The van der Waals surface area contributed by atoms with Crippen LogP contribution in [-0.4, -0.2) is 17.9 Å². The lowest BCUT2D eigenvalue weighted by atomic mass is 10.2. The molecule has 1 heterocycles. The average molecular weight is 316 g/mol. The SMILES string of the molecule is CN(C(=O)c1cc(C#N)ccn1)c1ccccc1Br.